The van der Waals surface area contributed by atoms with Crippen molar-refractivity contribution < 1.29 is 24.3 Å². The van der Waals surface area contributed by atoms with Gasteiger partial charge < -0.3 is 25.2 Å². The van der Waals surface area contributed by atoms with E-state index in [9.17, 15) is 15.0 Å². The summed E-state index contributed by atoms with van der Waals surface area (Å²) < 4.78 is 12.0. The van der Waals surface area contributed by atoms with Gasteiger partial charge in [-0.25, -0.2) is 4.68 Å². The Hall–Kier alpha value is -3.61. The van der Waals surface area contributed by atoms with Crippen LogP contribution in [0.15, 0.2) is 34.9 Å². The van der Waals surface area contributed by atoms with Gasteiger partial charge in [0.15, 0.2) is 11.3 Å². The van der Waals surface area contributed by atoms with E-state index in [1.807, 2.05) is 0 Å². The summed E-state index contributed by atoms with van der Waals surface area (Å²) in [6.45, 7) is 3.25. The number of hydrogen-bond acceptors (Lipinski definition) is 7. The van der Waals surface area contributed by atoms with Crippen LogP contribution in [0, 0.1) is 18.8 Å². The van der Waals surface area contributed by atoms with E-state index in [4.69, 9.17) is 15.0 Å². The van der Waals surface area contributed by atoms with Crippen molar-refractivity contribution in [1.82, 2.24) is 14.9 Å². The molecule has 1 aromatic carbocycles. The quantitative estimate of drug-likeness (QED) is 0.551. The fourth-order valence-electron chi connectivity index (χ4n) is 2.94. The first-order valence-corrected chi connectivity index (χ1v) is 8.79. The largest absolute Gasteiger partial charge is 0.488 e. The lowest BCUT2D eigenvalue weighted by molar-refractivity contribution is 0.0994. The van der Waals surface area contributed by atoms with Crippen LogP contribution in [0.1, 0.15) is 46.2 Å². The fraction of sp³-hybridized carbons (Fsp3) is 0.250. The summed E-state index contributed by atoms with van der Waals surface area (Å²) in [5.74, 6) is 6.01. The van der Waals surface area contributed by atoms with Gasteiger partial charge in [-0.3, -0.25) is 4.79 Å². The molecule has 9 heteroatoms. The molecule has 1 aliphatic heterocycles. The van der Waals surface area contributed by atoms with Crippen molar-refractivity contribution in [2.75, 3.05) is 6.61 Å². The van der Waals surface area contributed by atoms with Gasteiger partial charge in [0.1, 0.15) is 35.6 Å². The number of carbonyl (C=O) groups is 1. The molecule has 2 atom stereocenters. The van der Waals surface area contributed by atoms with Gasteiger partial charge in [0.25, 0.3) is 5.91 Å². The van der Waals surface area contributed by atoms with Gasteiger partial charge in [-0.05, 0) is 38.1 Å². The molecule has 9 nitrogen and oxygen atoms in total. The number of ether oxygens (including phenoxy) is 1. The van der Waals surface area contributed by atoms with E-state index in [0.29, 0.717) is 34.1 Å². The van der Waals surface area contributed by atoms with Crippen molar-refractivity contribution in [3.8, 4) is 23.3 Å². The van der Waals surface area contributed by atoms with Crippen molar-refractivity contribution in [2.45, 2.75) is 25.6 Å². The number of amides is 1. The van der Waals surface area contributed by atoms with Gasteiger partial charge in [-0.1, -0.05) is 17.0 Å². The van der Waals surface area contributed by atoms with E-state index in [2.05, 4.69) is 22.1 Å². The highest BCUT2D eigenvalue weighted by atomic mass is 16.5. The van der Waals surface area contributed by atoms with Crippen LogP contribution >= 0.6 is 0 Å². The van der Waals surface area contributed by atoms with Gasteiger partial charge in [-0.15, -0.1) is 0 Å². The highest BCUT2D eigenvalue weighted by Gasteiger charge is 2.26. The predicted molar refractivity (Wildman–Crippen MR) is 100 cm³/mol. The highest BCUT2D eigenvalue weighted by Crippen LogP contribution is 2.32. The summed E-state index contributed by atoms with van der Waals surface area (Å²) in [5, 5.41) is 28.9. The Bertz CT molecular complexity index is 1170. The first kappa shape index (κ1) is 18.7. The van der Waals surface area contributed by atoms with Crippen LogP contribution in [0.2, 0.25) is 0 Å². The molecule has 0 aliphatic carbocycles. The summed E-state index contributed by atoms with van der Waals surface area (Å²) >= 11 is 0. The van der Waals surface area contributed by atoms with Crippen LogP contribution in [0.5, 0.6) is 5.75 Å². The van der Waals surface area contributed by atoms with Gasteiger partial charge in [-0.2, -0.15) is 5.10 Å². The number of primary amides is 1. The summed E-state index contributed by atoms with van der Waals surface area (Å²) in [5.41, 5.74) is 5.60. The molecule has 4 rings (SSSR count). The normalized spacial score (nSPS) is 17.0. The topological polar surface area (TPSA) is 137 Å². The number of aromatic nitrogens is 3. The van der Waals surface area contributed by atoms with Crippen LogP contribution < -0.4 is 10.5 Å². The first-order valence-electron chi connectivity index (χ1n) is 8.79. The van der Waals surface area contributed by atoms with Crippen LogP contribution in [-0.4, -0.2) is 37.7 Å². The molecule has 1 amide bonds. The maximum Gasteiger partial charge on any atom is 0.269 e. The van der Waals surface area contributed by atoms with Gasteiger partial charge in [0.2, 0.25) is 0 Å². The standard InChI is InChI=1S/C20H18N4O5/c1-11-7-18(23-29-11)20(2,27)6-5-12-3-4-17-15(8-12)24-14(16(25)10-28-17)9-13(22-24)19(21)26/h3-4,7-9,16,25,27H,10H2,1-2H3,(H2,21,26)/t16-,20-/m1/s1. The molecule has 0 unspecified atom stereocenters. The van der Waals surface area contributed by atoms with Gasteiger partial charge in [0.05, 0.1) is 5.69 Å². The second-order valence-corrected chi connectivity index (χ2v) is 6.88. The molecule has 2 aromatic heterocycles. The van der Waals surface area contributed by atoms with Crippen molar-refractivity contribution in [2.24, 2.45) is 5.73 Å². The van der Waals surface area contributed by atoms with E-state index in [-0.39, 0.29) is 12.3 Å². The molecule has 148 valence electrons. The van der Waals surface area contributed by atoms with Crippen LogP contribution in [0.4, 0.5) is 0 Å². The molecule has 4 N–H and O–H groups in total. The zero-order chi connectivity index (χ0) is 20.8. The van der Waals surface area contributed by atoms with E-state index in [0.717, 1.165) is 0 Å². The summed E-state index contributed by atoms with van der Waals surface area (Å²) in [7, 11) is 0. The molecular weight excluding hydrogens is 376 g/mol. The summed E-state index contributed by atoms with van der Waals surface area (Å²) in [6.07, 6.45) is -0.978. The minimum absolute atomic E-state index is 0.00212. The maximum atomic E-state index is 11.5. The first-order chi connectivity index (χ1) is 13.7. The third-order valence-corrected chi connectivity index (χ3v) is 4.49. The Balaban J connectivity index is 1.76. The zero-order valence-corrected chi connectivity index (χ0v) is 15.7. The Morgan fingerprint density at radius 3 is 2.86 bits per heavy atom. The van der Waals surface area contributed by atoms with E-state index >= 15 is 0 Å². The van der Waals surface area contributed by atoms with E-state index in [1.165, 1.54) is 17.7 Å². The number of nitrogens with zero attached hydrogens (tertiary/aromatic N) is 3. The Morgan fingerprint density at radius 1 is 1.38 bits per heavy atom. The molecule has 0 fully saturated rings. The van der Waals surface area contributed by atoms with Gasteiger partial charge in [0, 0.05) is 11.6 Å². The molecule has 29 heavy (non-hydrogen) atoms. The highest BCUT2D eigenvalue weighted by molar-refractivity contribution is 5.91. The molecule has 3 heterocycles. The lowest BCUT2D eigenvalue weighted by Crippen LogP contribution is -2.18. The van der Waals surface area contributed by atoms with E-state index < -0.39 is 17.6 Å². The predicted octanol–water partition coefficient (Wildman–Crippen LogP) is 0.953. The number of benzene rings is 1. The molecule has 1 aliphatic rings. The lowest BCUT2D eigenvalue weighted by Gasteiger charge is -2.12. The Morgan fingerprint density at radius 2 is 2.17 bits per heavy atom. The average molecular weight is 394 g/mol. The molecule has 0 saturated heterocycles. The van der Waals surface area contributed by atoms with Crippen molar-refractivity contribution in [3.63, 3.8) is 0 Å². The van der Waals surface area contributed by atoms with Crippen LogP contribution in [0.25, 0.3) is 5.69 Å². The monoisotopic (exact) mass is 394 g/mol. The SMILES string of the molecule is Cc1cc([C@](C)(O)C#Cc2ccc3c(c2)-n2nc(C(N)=O)cc2[C@H](O)CO3)no1. The minimum Gasteiger partial charge on any atom is -0.488 e. The molecule has 0 radical (unpaired) electrons. The molecular formula is C20H18N4O5. The van der Waals surface area contributed by atoms with Gasteiger partial charge >= 0.3 is 0 Å². The number of aryl methyl sites for hydroxylation is 1. The number of aliphatic hydroxyl groups excluding tert-OH is 1. The second-order valence-electron chi connectivity index (χ2n) is 6.88. The zero-order valence-electron chi connectivity index (χ0n) is 15.7. The third-order valence-electron chi connectivity index (χ3n) is 4.49. The Labute approximate surface area is 165 Å². The Kier molecular flexibility index (Phi) is 4.38. The molecule has 0 spiro atoms. The number of aliphatic hydroxyl groups is 2. The van der Waals surface area contributed by atoms with Crippen molar-refractivity contribution >= 4 is 5.91 Å². The minimum atomic E-state index is -1.51. The smallest absolute Gasteiger partial charge is 0.269 e. The molecule has 0 bridgehead atoms. The number of nitrogens with two attached hydrogens (primary N) is 1. The number of fused-ring (bicyclic) bond motifs is 3. The maximum absolute atomic E-state index is 11.5. The average Bonchev–Trinajstić information content (AvgIpc) is 3.29. The van der Waals surface area contributed by atoms with E-state index in [1.54, 1.807) is 31.2 Å². The molecule has 0 saturated carbocycles. The second kappa shape index (κ2) is 6.77. The number of rotatable bonds is 2. The number of carbonyl (C=O) groups excluding carboxylic acids is 1. The third kappa shape index (κ3) is 3.47. The fourth-order valence-corrected chi connectivity index (χ4v) is 2.94. The van der Waals surface area contributed by atoms with Crippen LogP contribution in [-0.2, 0) is 5.60 Å². The van der Waals surface area contributed by atoms with Crippen molar-refractivity contribution in [3.05, 3.63) is 58.7 Å². The number of hydrogen-bond donors (Lipinski definition) is 3. The molecule has 3 aromatic rings. The van der Waals surface area contributed by atoms with Crippen molar-refractivity contribution in [1.29, 1.82) is 0 Å². The summed E-state index contributed by atoms with van der Waals surface area (Å²) in [4.78, 5) is 11.5. The van der Waals surface area contributed by atoms with Crippen LogP contribution in [0.3, 0.4) is 0 Å². The lowest BCUT2D eigenvalue weighted by atomic mass is 10.0. The summed E-state index contributed by atoms with van der Waals surface area (Å²) in [6, 6.07) is 8.13.